The van der Waals surface area contributed by atoms with Gasteiger partial charge in [0.25, 0.3) is 0 Å². The summed E-state index contributed by atoms with van der Waals surface area (Å²) in [5.74, 6) is 1.35. The second-order valence-electron chi connectivity index (χ2n) is 8.23. The lowest BCUT2D eigenvalue weighted by Crippen LogP contribution is -2.24. The highest BCUT2D eigenvalue weighted by Crippen LogP contribution is 2.21. The van der Waals surface area contributed by atoms with E-state index in [0.29, 0.717) is 30.4 Å². The van der Waals surface area contributed by atoms with Crippen molar-refractivity contribution in [3.05, 3.63) is 58.9 Å². The molecular weight excluding hydrogens is 452 g/mol. The van der Waals surface area contributed by atoms with Gasteiger partial charge in [0.05, 0.1) is 26.4 Å². The predicted octanol–water partition coefficient (Wildman–Crippen LogP) is 4.73. The average molecular weight is 483 g/mol. The van der Waals surface area contributed by atoms with Crippen LogP contribution in [0, 0.1) is 4.77 Å². The molecule has 0 radical (unpaired) electrons. The van der Waals surface area contributed by atoms with Crippen LogP contribution in [0.25, 0.3) is 11.4 Å². The van der Waals surface area contributed by atoms with Gasteiger partial charge in [0.2, 0.25) is 5.91 Å². The van der Waals surface area contributed by atoms with Crippen molar-refractivity contribution in [3.8, 4) is 17.1 Å². The van der Waals surface area contributed by atoms with Crippen molar-refractivity contribution >= 4 is 23.8 Å². The predicted molar refractivity (Wildman–Crippen MR) is 132 cm³/mol. The molecule has 8 nitrogen and oxygen atoms in total. The van der Waals surface area contributed by atoms with E-state index in [2.05, 4.69) is 15.5 Å². The molecule has 1 aliphatic heterocycles. The van der Waals surface area contributed by atoms with E-state index in [-0.39, 0.29) is 18.4 Å². The lowest BCUT2D eigenvalue weighted by molar-refractivity contribution is -0.116. The smallest absolute Gasteiger partial charge is 0.226 e. The van der Waals surface area contributed by atoms with Gasteiger partial charge in [0.15, 0.2) is 10.6 Å². The van der Waals surface area contributed by atoms with Crippen LogP contribution in [0.5, 0.6) is 5.75 Å². The van der Waals surface area contributed by atoms with Gasteiger partial charge in [-0.15, -0.1) is 0 Å². The third kappa shape index (κ3) is 6.53. The van der Waals surface area contributed by atoms with Crippen LogP contribution >= 0.6 is 12.2 Å². The second-order valence-corrected chi connectivity index (χ2v) is 8.62. The number of hydrogen-bond donors (Lipinski definition) is 2. The highest BCUT2D eigenvalue weighted by atomic mass is 32.1. The zero-order chi connectivity index (χ0) is 23.8. The Morgan fingerprint density at radius 3 is 2.88 bits per heavy atom. The Kier molecular flexibility index (Phi) is 8.46. The average Bonchev–Trinajstić information content (AvgIpc) is 3.24. The first-order valence-electron chi connectivity index (χ1n) is 11.5. The third-order valence-corrected chi connectivity index (χ3v) is 6.04. The zero-order valence-corrected chi connectivity index (χ0v) is 20.1. The molecule has 34 heavy (non-hydrogen) atoms. The standard InChI is InChI=1S/C25H30N4O4S/c1-31-21-10-8-19(9-11-21)24-27-28-25(34)29(24)13-12-23(30)26-20-6-4-5-18(15-20)16-32-17-22-7-2-3-14-33-22/h4-6,8-11,15,22H,2-3,7,12-14,16-17H2,1H3,(H,26,30)(H,28,34). The summed E-state index contributed by atoms with van der Waals surface area (Å²) in [6, 6.07) is 15.3. The number of benzene rings is 2. The molecule has 0 saturated carbocycles. The van der Waals surface area contributed by atoms with Crippen molar-refractivity contribution in [1.29, 1.82) is 0 Å². The largest absolute Gasteiger partial charge is 0.497 e. The molecule has 0 spiro atoms. The minimum Gasteiger partial charge on any atom is -0.497 e. The van der Waals surface area contributed by atoms with Gasteiger partial charge in [0, 0.05) is 30.8 Å². The van der Waals surface area contributed by atoms with Crippen molar-refractivity contribution in [1.82, 2.24) is 14.8 Å². The van der Waals surface area contributed by atoms with Crippen molar-refractivity contribution in [2.75, 3.05) is 25.6 Å². The number of rotatable bonds is 10. The molecule has 2 N–H and O–H groups in total. The first-order chi connectivity index (χ1) is 16.6. The number of hydrogen-bond acceptors (Lipinski definition) is 6. The minimum atomic E-state index is -0.0996. The molecule has 1 saturated heterocycles. The first kappa shape index (κ1) is 24.1. The highest BCUT2D eigenvalue weighted by molar-refractivity contribution is 7.71. The van der Waals surface area contributed by atoms with Crippen LogP contribution in [0.1, 0.15) is 31.2 Å². The molecule has 2 aromatic carbocycles. The number of anilines is 1. The summed E-state index contributed by atoms with van der Waals surface area (Å²) < 4.78 is 19.0. The zero-order valence-electron chi connectivity index (χ0n) is 19.3. The topological polar surface area (TPSA) is 90.4 Å². The van der Waals surface area contributed by atoms with Gasteiger partial charge in [-0.1, -0.05) is 12.1 Å². The van der Waals surface area contributed by atoms with E-state index >= 15 is 0 Å². The maximum absolute atomic E-state index is 12.6. The number of aromatic amines is 1. The Hall–Kier alpha value is -3.01. The van der Waals surface area contributed by atoms with Crippen LogP contribution in [-0.4, -0.2) is 47.1 Å². The summed E-state index contributed by atoms with van der Waals surface area (Å²) in [6.45, 7) is 2.31. The molecule has 0 bridgehead atoms. The van der Waals surface area contributed by atoms with E-state index in [1.54, 1.807) is 7.11 Å². The number of carbonyl (C=O) groups excluding carboxylic acids is 1. The molecular formula is C25H30N4O4S. The number of carbonyl (C=O) groups is 1. The quantitative estimate of drug-likeness (QED) is 0.406. The molecule has 0 aliphatic carbocycles. The maximum atomic E-state index is 12.6. The Morgan fingerprint density at radius 2 is 2.12 bits per heavy atom. The van der Waals surface area contributed by atoms with Crippen LogP contribution in [0.3, 0.4) is 0 Å². The molecule has 9 heteroatoms. The minimum absolute atomic E-state index is 0.0996. The molecule has 1 amide bonds. The van der Waals surface area contributed by atoms with E-state index in [1.165, 1.54) is 6.42 Å². The third-order valence-electron chi connectivity index (χ3n) is 5.73. The summed E-state index contributed by atoms with van der Waals surface area (Å²) in [5.41, 5.74) is 2.64. The number of H-pyrrole nitrogens is 1. The summed E-state index contributed by atoms with van der Waals surface area (Å²) in [5, 5.41) is 10.1. The normalized spacial score (nSPS) is 15.7. The van der Waals surface area contributed by atoms with E-state index in [1.807, 2.05) is 53.1 Å². The summed E-state index contributed by atoms with van der Waals surface area (Å²) in [4.78, 5) is 12.6. The van der Waals surface area contributed by atoms with Gasteiger partial charge in [-0.2, -0.15) is 5.10 Å². The van der Waals surface area contributed by atoms with Crippen LogP contribution in [0.4, 0.5) is 5.69 Å². The van der Waals surface area contributed by atoms with Gasteiger partial charge in [-0.05, 0) is 73.4 Å². The van der Waals surface area contributed by atoms with Gasteiger partial charge in [-0.3, -0.25) is 14.5 Å². The van der Waals surface area contributed by atoms with Crippen molar-refractivity contribution in [2.24, 2.45) is 0 Å². The Balaban J connectivity index is 1.30. The van der Waals surface area contributed by atoms with E-state index in [9.17, 15) is 4.79 Å². The van der Waals surface area contributed by atoms with E-state index in [4.69, 9.17) is 26.4 Å². The van der Waals surface area contributed by atoms with Gasteiger partial charge in [-0.25, -0.2) is 0 Å². The monoisotopic (exact) mass is 482 g/mol. The number of amides is 1. The lowest BCUT2D eigenvalue weighted by Gasteiger charge is -2.22. The highest BCUT2D eigenvalue weighted by Gasteiger charge is 2.14. The maximum Gasteiger partial charge on any atom is 0.226 e. The lowest BCUT2D eigenvalue weighted by atomic mass is 10.1. The molecule has 1 fully saturated rings. The van der Waals surface area contributed by atoms with Crippen LogP contribution in [0.15, 0.2) is 48.5 Å². The summed E-state index contributed by atoms with van der Waals surface area (Å²) in [7, 11) is 1.62. The van der Waals surface area contributed by atoms with Gasteiger partial charge in [0.1, 0.15) is 5.75 Å². The molecule has 1 unspecified atom stereocenters. The Morgan fingerprint density at radius 1 is 1.26 bits per heavy atom. The molecule has 2 heterocycles. The second kappa shape index (κ2) is 11.9. The first-order valence-corrected chi connectivity index (χ1v) is 11.9. The molecule has 1 atom stereocenters. The van der Waals surface area contributed by atoms with Gasteiger partial charge < -0.3 is 19.5 Å². The fourth-order valence-corrected chi connectivity index (χ4v) is 4.13. The van der Waals surface area contributed by atoms with Crippen molar-refractivity contribution < 1.29 is 19.0 Å². The molecule has 1 aromatic heterocycles. The molecule has 3 aromatic rings. The number of nitrogens with one attached hydrogen (secondary N) is 2. The summed E-state index contributed by atoms with van der Waals surface area (Å²) in [6.07, 6.45) is 3.83. The molecule has 4 rings (SSSR count). The van der Waals surface area contributed by atoms with Gasteiger partial charge >= 0.3 is 0 Å². The van der Waals surface area contributed by atoms with Crippen LogP contribution < -0.4 is 10.1 Å². The van der Waals surface area contributed by atoms with E-state index in [0.717, 1.165) is 42.0 Å². The fourth-order valence-electron chi connectivity index (χ4n) is 3.91. The number of ether oxygens (including phenoxy) is 3. The van der Waals surface area contributed by atoms with Crippen LogP contribution in [0.2, 0.25) is 0 Å². The summed E-state index contributed by atoms with van der Waals surface area (Å²) >= 11 is 5.37. The SMILES string of the molecule is COc1ccc(-c2n[nH]c(=S)n2CCC(=O)Nc2cccc(COCC3CCCCO3)c2)cc1. The number of nitrogens with zero attached hydrogens (tertiary/aromatic N) is 2. The molecule has 1 aliphatic rings. The Labute approximate surface area is 204 Å². The number of aromatic nitrogens is 3. The number of methoxy groups -OCH3 is 1. The van der Waals surface area contributed by atoms with Crippen LogP contribution in [-0.2, 0) is 27.4 Å². The van der Waals surface area contributed by atoms with Crippen molar-refractivity contribution in [2.45, 2.75) is 44.9 Å². The van der Waals surface area contributed by atoms with Crippen molar-refractivity contribution in [3.63, 3.8) is 0 Å². The fraction of sp³-hybridized carbons (Fsp3) is 0.400. The van der Waals surface area contributed by atoms with E-state index < -0.39 is 0 Å². The molecule has 180 valence electrons. The Bertz CT molecular complexity index is 1140.